The van der Waals surface area contributed by atoms with Crippen molar-refractivity contribution >= 4 is 11.8 Å². The van der Waals surface area contributed by atoms with Crippen LogP contribution in [0.1, 0.15) is 0 Å². The minimum absolute atomic E-state index is 0.700. The maximum atomic E-state index is 5.65. The first kappa shape index (κ1) is 12.8. The zero-order valence-electron chi connectivity index (χ0n) is 10.3. The van der Waals surface area contributed by atoms with E-state index in [9.17, 15) is 0 Å². The van der Waals surface area contributed by atoms with Crippen molar-refractivity contribution in [2.45, 2.75) is 4.90 Å². The van der Waals surface area contributed by atoms with E-state index in [2.05, 4.69) is 12.1 Å². The van der Waals surface area contributed by atoms with Gasteiger partial charge in [-0.25, -0.2) is 0 Å². The molecule has 0 fully saturated rings. The van der Waals surface area contributed by atoms with Crippen LogP contribution < -0.4 is 9.47 Å². The smallest absolute Gasteiger partial charge is 0.119 e. The summed E-state index contributed by atoms with van der Waals surface area (Å²) in [6.45, 7) is 0.700. The number of thioether (sulfide) groups is 1. The summed E-state index contributed by atoms with van der Waals surface area (Å²) >= 11 is 1.80. The van der Waals surface area contributed by atoms with Gasteiger partial charge in [0.15, 0.2) is 0 Å². The van der Waals surface area contributed by atoms with Crippen LogP contribution in [0, 0.1) is 0 Å². The number of benzene rings is 2. The largest absolute Gasteiger partial charge is 0.497 e. The molecule has 0 aromatic heterocycles. The predicted molar refractivity (Wildman–Crippen MR) is 75.7 cm³/mol. The van der Waals surface area contributed by atoms with Gasteiger partial charge in [-0.3, -0.25) is 0 Å². The van der Waals surface area contributed by atoms with Gasteiger partial charge in [-0.05, 0) is 36.4 Å². The minimum atomic E-state index is 0.700. The summed E-state index contributed by atoms with van der Waals surface area (Å²) in [5.74, 6) is 2.67. The van der Waals surface area contributed by atoms with Gasteiger partial charge in [0, 0.05) is 10.6 Å². The lowest BCUT2D eigenvalue weighted by molar-refractivity contribution is 0.342. The third-order valence-electron chi connectivity index (χ3n) is 2.42. The zero-order valence-corrected chi connectivity index (χ0v) is 11.2. The molecule has 0 radical (unpaired) electrons. The lowest BCUT2D eigenvalue weighted by Gasteiger charge is -2.06. The Bertz CT molecular complexity index is 454. The van der Waals surface area contributed by atoms with E-state index < -0.39 is 0 Å². The molecular weight excluding hydrogens is 244 g/mol. The molecule has 94 valence electrons. The summed E-state index contributed by atoms with van der Waals surface area (Å²) in [4.78, 5) is 1.27. The quantitative estimate of drug-likeness (QED) is 0.580. The summed E-state index contributed by atoms with van der Waals surface area (Å²) in [6, 6.07) is 18.0. The maximum absolute atomic E-state index is 5.65. The standard InChI is InChI=1S/C15H16O2S/c1-16-13-7-9-14(10-8-13)17-11-12-18-15-5-3-2-4-6-15/h2-10H,11-12H2,1H3. The highest BCUT2D eigenvalue weighted by Gasteiger charge is 1.96. The van der Waals surface area contributed by atoms with Crippen LogP contribution in [0.4, 0.5) is 0 Å². The fourth-order valence-electron chi connectivity index (χ4n) is 1.51. The molecule has 2 rings (SSSR count). The van der Waals surface area contributed by atoms with Crippen LogP contribution in [-0.4, -0.2) is 19.5 Å². The number of ether oxygens (including phenoxy) is 2. The molecule has 0 aliphatic carbocycles. The lowest BCUT2D eigenvalue weighted by Crippen LogP contribution is -1.99. The molecule has 0 saturated carbocycles. The SMILES string of the molecule is COc1ccc(OCCSc2ccccc2)cc1. The van der Waals surface area contributed by atoms with Gasteiger partial charge in [0.25, 0.3) is 0 Å². The Morgan fingerprint density at radius 2 is 1.56 bits per heavy atom. The summed E-state index contributed by atoms with van der Waals surface area (Å²) in [6.07, 6.45) is 0. The van der Waals surface area contributed by atoms with Gasteiger partial charge >= 0.3 is 0 Å². The van der Waals surface area contributed by atoms with Crippen molar-refractivity contribution in [3.8, 4) is 11.5 Å². The highest BCUT2D eigenvalue weighted by atomic mass is 32.2. The first-order valence-corrected chi connectivity index (χ1v) is 6.82. The summed E-state index contributed by atoms with van der Waals surface area (Å²) in [5, 5.41) is 0. The van der Waals surface area contributed by atoms with E-state index in [4.69, 9.17) is 9.47 Å². The Morgan fingerprint density at radius 3 is 2.22 bits per heavy atom. The molecule has 0 heterocycles. The number of methoxy groups -OCH3 is 1. The average molecular weight is 260 g/mol. The number of rotatable bonds is 6. The molecule has 0 aliphatic rings. The highest BCUT2D eigenvalue weighted by molar-refractivity contribution is 7.99. The van der Waals surface area contributed by atoms with Crippen molar-refractivity contribution in [2.24, 2.45) is 0 Å². The van der Waals surface area contributed by atoms with E-state index in [-0.39, 0.29) is 0 Å². The second-order valence-corrected chi connectivity index (χ2v) is 4.85. The Balaban J connectivity index is 1.72. The fourth-order valence-corrected chi connectivity index (χ4v) is 2.26. The van der Waals surface area contributed by atoms with Gasteiger partial charge < -0.3 is 9.47 Å². The van der Waals surface area contributed by atoms with Gasteiger partial charge in [0.2, 0.25) is 0 Å². The Labute approximate surface area is 112 Å². The molecule has 0 unspecified atom stereocenters. The summed E-state index contributed by atoms with van der Waals surface area (Å²) in [5.41, 5.74) is 0. The van der Waals surface area contributed by atoms with Gasteiger partial charge in [-0.15, -0.1) is 11.8 Å². The van der Waals surface area contributed by atoms with Gasteiger partial charge in [-0.2, -0.15) is 0 Å². The molecule has 0 saturated heterocycles. The van der Waals surface area contributed by atoms with E-state index in [1.54, 1.807) is 18.9 Å². The summed E-state index contributed by atoms with van der Waals surface area (Å²) in [7, 11) is 1.66. The van der Waals surface area contributed by atoms with Crippen LogP contribution in [-0.2, 0) is 0 Å². The van der Waals surface area contributed by atoms with E-state index in [0.717, 1.165) is 17.3 Å². The van der Waals surface area contributed by atoms with Gasteiger partial charge in [-0.1, -0.05) is 18.2 Å². The molecule has 2 aromatic rings. The number of hydrogen-bond donors (Lipinski definition) is 0. The molecule has 0 bridgehead atoms. The van der Waals surface area contributed by atoms with Crippen molar-refractivity contribution in [3.05, 3.63) is 54.6 Å². The monoisotopic (exact) mass is 260 g/mol. The Morgan fingerprint density at radius 1 is 0.889 bits per heavy atom. The van der Waals surface area contributed by atoms with E-state index in [0.29, 0.717) is 6.61 Å². The van der Waals surface area contributed by atoms with Crippen molar-refractivity contribution in [2.75, 3.05) is 19.5 Å². The molecule has 0 atom stereocenters. The first-order chi connectivity index (χ1) is 8.88. The maximum Gasteiger partial charge on any atom is 0.119 e. The topological polar surface area (TPSA) is 18.5 Å². The number of hydrogen-bond acceptors (Lipinski definition) is 3. The first-order valence-electron chi connectivity index (χ1n) is 5.83. The molecule has 0 aliphatic heterocycles. The predicted octanol–water partition coefficient (Wildman–Crippen LogP) is 3.87. The van der Waals surface area contributed by atoms with Crippen LogP contribution >= 0.6 is 11.8 Å². The van der Waals surface area contributed by atoms with Crippen LogP contribution in [0.3, 0.4) is 0 Å². The molecule has 0 amide bonds. The van der Waals surface area contributed by atoms with Crippen molar-refractivity contribution in [3.63, 3.8) is 0 Å². The molecule has 18 heavy (non-hydrogen) atoms. The average Bonchev–Trinajstić information content (AvgIpc) is 2.45. The Kier molecular flexibility index (Phi) is 4.97. The van der Waals surface area contributed by atoms with Crippen LogP contribution in [0.15, 0.2) is 59.5 Å². The Hall–Kier alpha value is -1.61. The van der Waals surface area contributed by atoms with E-state index >= 15 is 0 Å². The van der Waals surface area contributed by atoms with Crippen molar-refractivity contribution in [1.29, 1.82) is 0 Å². The van der Waals surface area contributed by atoms with Gasteiger partial charge in [0.1, 0.15) is 11.5 Å². The molecule has 3 heteroatoms. The van der Waals surface area contributed by atoms with Crippen LogP contribution in [0.25, 0.3) is 0 Å². The normalized spacial score (nSPS) is 10.1. The van der Waals surface area contributed by atoms with Crippen molar-refractivity contribution < 1.29 is 9.47 Å². The highest BCUT2D eigenvalue weighted by Crippen LogP contribution is 2.19. The van der Waals surface area contributed by atoms with Gasteiger partial charge in [0.05, 0.1) is 13.7 Å². The van der Waals surface area contributed by atoms with Crippen LogP contribution in [0.5, 0.6) is 11.5 Å². The minimum Gasteiger partial charge on any atom is -0.497 e. The van der Waals surface area contributed by atoms with E-state index in [1.165, 1.54) is 4.90 Å². The van der Waals surface area contributed by atoms with Crippen LogP contribution in [0.2, 0.25) is 0 Å². The second kappa shape index (κ2) is 6.97. The molecular formula is C15H16O2S. The molecule has 2 aromatic carbocycles. The van der Waals surface area contributed by atoms with Crippen molar-refractivity contribution in [1.82, 2.24) is 0 Å². The van der Waals surface area contributed by atoms with E-state index in [1.807, 2.05) is 42.5 Å². The zero-order chi connectivity index (χ0) is 12.6. The molecule has 0 spiro atoms. The molecule has 0 N–H and O–H groups in total. The molecule has 2 nitrogen and oxygen atoms in total. The third-order valence-corrected chi connectivity index (χ3v) is 3.40. The second-order valence-electron chi connectivity index (χ2n) is 3.69. The third kappa shape index (κ3) is 4.00. The lowest BCUT2D eigenvalue weighted by atomic mass is 10.3. The fraction of sp³-hybridized carbons (Fsp3) is 0.200. The summed E-state index contributed by atoms with van der Waals surface area (Å²) < 4.78 is 10.7.